The molecule has 29 heteroatoms. The number of nitrogens with zero attached hydrogens (tertiary/aromatic N) is 8. The van der Waals surface area contributed by atoms with E-state index in [1.807, 2.05) is 19.0 Å². The smallest absolute Gasteiger partial charge is 0.271 e. The summed E-state index contributed by atoms with van der Waals surface area (Å²) in [5.74, 6) is -5.00. The van der Waals surface area contributed by atoms with E-state index in [-0.39, 0.29) is 51.5 Å². The van der Waals surface area contributed by atoms with Crippen molar-refractivity contribution in [1.82, 2.24) is 61.1 Å². The zero-order valence-electron chi connectivity index (χ0n) is 44.9. The van der Waals surface area contributed by atoms with Crippen molar-refractivity contribution in [3.8, 4) is 49.1 Å². The molecule has 0 saturated heterocycles. The predicted octanol–water partition coefficient (Wildman–Crippen LogP) is 6.22. The SMILES string of the molecule is Cc1sc2nc1C(=O)N[C@@H]([C@H](O)c1ccccc1)c1nc(cs1)C(=O)N[C@@H](Cc1ccc(O)cc1)C(=O)N[C@@H]([C@@H](C)[C@@H](O)CN(C)C)c1nc(cs1)-c1nc(cs1)-c1nc(-c3nc(C(N)=O)cs3)ccc1-c1nc(cs1)C(=O)N[C@H]2CC(N)=O. The molecule has 6 amide bonds. The lowest BCUT2D eigenvalue weighted by atomic mass is 9.94. The molecule has 84 heavy (non-hydrogen) atoms. The Bertz CT molecular complexity index is 3910. The van der Waals surface area contributed by atoms with E-state index in [1.54, 1.807) is 79.2 Å². The summed E-state index contributed by atoms with van der Waals surface area (Å²) in [5.41, 5.74) is 14.1. The summed E-state index contributed by atoms with van der Waals surface area (Å²) in [6.45, 7) is 3.64. The van der Waals surface area contributed by atoms with Gasteiger partial charge in [-0.3, -0.25) is 28.8 Å². The number of phenolic OH excluding ortho intramolecular Hbond substituents is 1. The monoisotopic (exact) mass is 1240 g/mol. The maximum Gasteiger partial charge on any atom is 0.271 e. The second-order valence-corrected chi connectivity index (χ2v) is 25.3. The van der Waals surface area contributed by atoms with Crippen LogP contribution in [0.2, 0.25) is 0 Å². The number of amides is 6. The van der Waals surface area contributed by atoms with Crippen LogP contribution in [-0.2, 0) is 16.0 Å². The van der Waals surface area contributed by atoms with Crippen molar-refractivity contribution in [1.29, 1.82) is 0 Å². The number of aliphatic hydroxyl groups excluding tert-OH is 2. The minimum atomic E-state index is -1.41. The van der Waals surface area contributed by atoms with Gasteiger partial charge in [0.15, 0.2) is 0 Å². The first-order valence-corrected chi connectivity index (χ1v) is 30.9. The van der Waals surface area contributed by atoms with Gasteiger partial charge in [0, 0.05) is 56.2 Å². The fraction of sp³-hybridized carbons (Fsp3) is 0.255. The Morgan fingerprint density at radius 3 is 1.94 bits per heavy atom. The summed E-state index contributed by atoms with van der Waals surface area (Å²) in [6, 6.07) is 13.5. The summed E-state index contributed by atoms with van der Waals surface area (Å²) in [5, 5.41) is 55.4. The summed E-state index contributed by atoms with van der Waals surface area (Å²) < 4.78 is 0. The number of primary amides is 2. The number of carbonyl (C=O) groups excluding carboxylic acids is 6. The van der Waals surface area contributed by atoms with Gasteiger partial charge in [0.25, 0.3) is 23.6 Å². The van der Waals surface area contributed by atoms with Crippen LogP contribution in [0.4, 0.5) is 0 Å². The van der Waals surface area contributed by atoms with Crippen molar-refractivity contribution >= 4 is 103 Å². The molecule has 0 spiro atoms. The molecule has 9 aromatic rings. The van der Waals surface area contributed by atoms with E-state index < -0.39 is 84.2 Å². The number of phenols is 1. The topological polar surface area (TPSA) is 357 Å². The van der Waals surface area contributed by atoms with Gasteiger partial charge in [0.05, 0.1) is 30.3 Å². The highest BCUT2D eigenvalue weighted by Gasteiger charge is 2.36. The van der Waals surface area contributed by atoms with Crippen LogP contribution < -0.4 is 32.7 Å². The second-order valence-electron chi connectivity index (χ2n) is 19.7. The van der Waals surface area contributed by atoms with E-state index in [1.165, 1.54) is 50.9 Å². The van der Waals surface area contributed by atoms with Gasteiger partial charge in [-0.25, -0.2) is 34.9 Å². The highest BCUT2D eigenvalue weighted by atomic mass is 32.1. The number of hydrogen-bond donors (Lipinski definition) is 9. The lowest BCUT2D eigenvalue weighted by molar-refractivity contribution is -0.124. The molecule has 1 aliphatic heterocycles. The predicted molar refractivity (Wildman–Crippen MR) is 319 cm³/mol. The fourth-order valence-corrected chi connectivity index (χ4v) is 14.3. The zero-order chi connectivity index (χ0) is 59.5. The Labute approximate surface area is 503 Å². The first-order valence-electron chi connectivity index (χ1n) is 25.7. The number of carbonyl (C=O) groups is 6. The molecule has 8 heterocycles. The maximum atomic E-state index is 14.9. The number of rotatable bonds is 12. The Kier molecular flexibility index (Phi) is 17.8. The fourth-order valence-electron chi connectivity index (χ4n) is 9.00. The highest BCUT2D eigenvalue weighted by Crippen LogP contribution is 2.40. The third-order valence-electron chi connectivity index (χ3n) is 13.4. The van der Waals surface area contributed by atoms with Crippen molar-refractivity contribution in [2.45, 2.75) is 63.1 Å². The molecule has 10 rings (SSSR count). The Hall–Kier alpha value is -8.13. The van der Waals surface area contributed by atoms with Crippen LogP contribution in [0.1, 0.15) is 111 Å². The summed E-state index contributed by atoms with van der Waals surface area (Å²) in [6.07, 6.45) is -2.85. The molecule has 0 unspecified atom stereocenters. The van der Waals surface area contributed by atoms with Gasteiger partial charge >= 0.3 is 0 Å². The lowest BCUT2D eigenvalue weighted by Crippen LogP contribution is -2.51. The number of thiazole rings is 6. The molecule has 0 radical (unpaired) electrons. The largest absolute Gasteiger partial charge is 0.508 e. The van der Waals surface area contributed by atoms with Crippen LogP contribution in [0, 0.1) is 12.8 Å². The number of nitrogens with one attached hydrogen (secondary N) is 4. The van der Waals surface area contributed by atoms with Gasteiger partial charge in [-0.2, -0.15) is 0 Å². The zero-order valence-corrected chi connectivity index (χ0v) is 49.8. The Morgan fingerprint density at radius 1 is 0.619 bits per heavy atom. The number of benzene rings is 2. The Morgan fingerprint density at radius 2 is 1.24 bits per heavy atom. The van der Waals surface area contributed by atoms with E-state index in [2.05, 4.69) is 36.2 Å². The van der Waals surface area contributed by atoms with Crippen molar-refractivity contribution in [2.75, 3.05) is 20.6 Å². The van der Waals surface area contributed by atoms with E-state index in [9.17, 15) is 44.1 Å². The van der Waals surface area contributed by atoms with Crippen LogP contribution in [-0.4, -0.2) is 123 Å². The molecule has 0 fully saturated rings. The second kappa shape index (κ2) is 25.4. The van der Waals surface area contributed by atoms with E-state index in [4.69, 9.17) is 31.4 Å². The normalized spacial score (nSPS) is 18.0. The number of likely N-dealkylation sites (N-methyl/N-ethyl adjacent to an activating group) is 1. The average molecular weight is 1250 g/mol. The van der Waals surface area contributed by atoms with Gasteiger partial charge < -0.3 is 53.0 Å². The van der Waals surface area contributed by atoms with Crippen LogP contribution in [0.25, 0.3) is 43.4 Å². The first kappa shape index (κ1) is 59.0. The molecule has 0 aliphatic carbocycles. The molecular weight excluding hydrogens is 1190 g/mol. The van der Waals surface area contributed by atoms with E-state index >= 15 is 0 Å². The third-order valence-corrected chi connectivity index (χ3v) is 18.9. The van der Waals surface area contributed by atoms with Crippen LogP contribution >= 0.6 is 68.0 Å². The maximum absolute atomic E-state index is 14.9. The van der Waals surface area contributed by atoms with Gasteiger partial charge in [-0.15, -0.1) is 68.0 Å². The third kappa shape index (κ3) is 13.3. The number of aromatic hydroxyl groups is 1. The van der Waals surface area contributed by atoms with Crippen LogP contribution in [0.5, 0.6) is 5.75 Å². The standard InChI is InChI=1S/C55H52N14O9S6/c1-24(38(71)18-69(3)4)40-54-65-37(23-83-54)52-61-33(19-80-52)42-29(14-15-30(58-42)51-62-34(20-81-51)45(57)74)50-63-35(21-79-50)48(77)60-32(17-39(56)72)53-68-41(25(2)84-53)49(78)67-43(44(73)27-8-6-5-7-9-27)55-64-36(22-82-55)47(76)59-31(46(75)66-40)16-26-10-12-28(70)13-11-26/h5-15,19-24,31-32,38,40,43-44,70-71,73H,16-18H2,1-4H3,(H2,56,72)(H2,57,74)(H,59,76)(H,60,77)(H,66,75)(H,67,78)/t24-,31-,32-,38-,40-,43-,44+/m0/s1. The van der Waals surface area contributed by atoms with Crippen LogP contribution in [0.15, 0.2) is 93.6 Å². The Balaban J connectivity index is 1.09. The van der Waals surface area contributed by atoms with E-state index in [0.29, 0.717) is 64.4 Å². The number of fused-ring (bicyclic) bond motifs is 14. The molecule has 432 valence electrons. The van der Waals surface area contributed by atoms with Gasteiger partial charge in [-0.1, -0.05) is 49.4 Å². The number of nitrogens with two attached hydrogens (primary N) is 2. The number of aryl methyl sites for hydroxylation is 1. The van der Waals surface area contributed by atoms with E-state index in [0.717, 1.165) is 45.3 Å². The van der Waals surface area contributed by atoms with Gasteiger partial charge in [0.1, 0.15) is 93.8 Å². The van der Waals surface area contributed by atoms with Gasteiger partial charge in [0.2, 0.25) is 11.8 Å². The van der Waals surface area contributed by atoms with Crippen molar-refractivity contribution in [3.63, 3.8) is 0 Å². The quantitative estimate of drug-likeness (QED) is 0.0655. The molecule has 10 bridgehead atoms. The number of aliphatic hydroxyl groups is 2. The number of hydrogen-bond acceptors (Lipinski definition) is 23. The molecule has 2 aromatic carbocycles. The number of aromatic nitrogens is 7. The summed E-state index contributed by atoms with van der Waals surface area (Å²) >= 11 is 6.81. The summed E-state index contributed by atoms with van der Waals surface area (Å²) in [7, 11) is 3.62. The minimum Gasteiger partial charge on any atom is -0.508 e. The summed E-state index contributed by atoms with van der Waals surface area (Å²) in [4.78, 5) is 118. The van der Waals surface area contributed by atoms with Crippen molar-refractivity contribution in [2.24, 2.45) is 17.4 Å². The first-order chi connectivity index (χ1) is 40.3. The molecule has 1 aliphatic rings. The molecule has 7 aromatic heterocycles. The minimum absolute atomic E-state index is 0.0104. The molecule has 0 saturated carbocycles. The van der Waals surface area contributed by atoms with Crippen molar-refractivity contribution in [3.05, 3.63) is 147 Å². The van der Waals surface area contributed by atoms with Crippen molar-refractivity contribution < 1.29 is 44.1 Å². The lowest BCUT2D eigenvalue weighted by Gasteiger charge is -2.30. The van der Waals surface area contributed by atoms with Crippen LogP contribution in [0.3, 0.4) is 0 Å². The number of pyridine rings is 1. The molecule has 7 atom stereocenters. The molecule has 11 N–H and O–H groups in total. The highest BCUT2D eigenvalue weighted by molar-refractivity contribution is 7.15. The van der Waals surface area contributed by atoms with Gasteiger partial charge in [-0.05, 0) is 56.4 Å². The average Bonchev–Trinajstić information content (AvgIpc) is 4.52. The molecular formula is C55H52N14O9S6. The molecule has 23 nitrogen and oxygen atoms in total.